The molecular weight excluding hydrogens is 392 g/mol. The van der Waals surface area contributed by atoms with E-state index in [9.17, 15) is 0 Å². The third-order valence-electron chi connectivity index (χ3n) is 2.84. The number of nitrogens with zero attached hydrogens (tertiary/aromatic N) is 1. The molecule has 1 aliphatic heterocycles. The van der Waals surface area contributed by atoms with Crippen LogP contribution in [0.3, 0.4) is 0 Å². The molecule has 76 valence electrons. The first kappa shape index (κ1) is 10.9. The van der Waals surface area contributed by atoms with Gasteiger partial charge in [-0.3, -0.25) is 0 Å². The number of rotatable bonds is 4. The van der Waals surface area contributed by atoms with Gasteiger partial charge in [-0.25, -0.2) is 0 Å². The van der Waals surface area contributed by atoms with Crippen molar-refractivity contribution in [2.75, 3.05) is 19.7 Å². The van der Waals surface area contributed by atoms with E-state index in [4.69, 9.17) is 4.74 Å². The topological polar surface area (TPSA) is 12.5 Å². The van der Waals surface area contributed by atoms with E-state index in [1.807, 2.05) is 0 Å². The van der Waals surface area contributed by atoms with Gasteiger partial charge in [0.2, 0.25) is 0 Å². The van der Waals surface area contributed by atoms with Crippen LogP contribution in [-0.2, 0) is 4.74 Å². The molecule has 2 rings (SSSR count). The molecule has 0 unspecified atom stereocenters. The maximum atomic E-state index is 5.62. The van der Waals surface area contributed by atoms with Gasteiger partial charge in [0.1, 0.15) is 0 Å². The van der Waals surface area contributed by atoms with Gasteiger partial charge in [-0.1, -0.05) is 0 Å². The molecule has 1 atom stereocenters. The number of likely N-dealkylation sites (tertiary alicyclic amines) is 1. The van der Waals surface area contributed by atoms with Crippen molar-refractivity contribution in [3.8, 4) is 0 Å². The molecule has 0 aromatic carbocycles. The second-order valence-corrected chi connectivity index (χ2v) is 8.62. The number of halogens is 2. The van der Waals surface area contributed by atoms with Gasteiger partial charge in [0.05, 0.1) is 6.61 Å². The molecule has 0 amide bonds. The number of ether oxygens (including phenoxy) is 1. The van der Waals surface area contributed by atoms with Gasteiger partial charge >= 0.3 is 0 Å². The van der Waals surface area contributed by atoms with E-state index >= 15 is 0 Å². The van der Waals surface area contributed by atoms with Crippen LogP contribution in [-0.4, -0.2) is 32.8 Å². The molecule has 1 saturated heterocycles. The lowest BCUT2D eigenvalue weighted by Gasteiger charge is -2.15. The van der Waals surface area contributed by atoms with Gasteiger partial charge in [-0.2, -0.15) is 0 Å². The summed E-state index contributed by atoms with van der Waals surface area (Å²) in [7, 11) is 0. The van der Waals surface area contributed by atoms with Crippen LogP contribution in [0.25, 0.3) is 0 Å². The fourth-order valence-electron chi connectivity index (χ4n) is 1.98. The zero-order chi connectivity index (χ0) is 9.26. The quantitative estimate of drug-likeness (QED) is 0.525. The Hall–Kier alpha value is 1.38. The zero-order valence-electron chi connectivity index (χ0n) is 7.59. The van der Waals surface area contributed by atoms with Crippen LogP contribution in [0, 0.1) is 5.92 Å². The summed E-state index contributed by atoms with van der Waals surface area (Å²) in [6.07, 6.45) is 4.22. The van der Waals surface area contributed by atoms with Crippen LogP contribution < -0.4 is 0 Å². The minimum Gasteiger partial charge on any atom is -0.358 e. The molecule has 1 saturated carbocycles. The summed E-state index contributed by atoms with van der Waals surface area (Å²) in [4.78, 5) is 2.64. The first-order valence-electron chi connectivity index (χ1n) is 4.89. The van der Waals surface area contributed by atoms with Gasteiger partial charge < -0.3 is 9.64 Å². The predicted molar refractivity (Wildman–Crippen MR) is 70.5 cm³/mol. The third-order valence-corrected chi connectivity index (χ3v) is 3.56. The Labute approximate surface area is 107 Å². The minimum absolute atomic E-state index is 0.338. The maximum Gasteiger partial charge on any atom is 0.159 e. The van der Waals surface area contributed by atoms with Crippen LogP contribution in [0.15, 0.2) is 0 Å². The molecule has 2 fully saturated rings. The highest BCUT2D eigenvalue weighted by Gasteiger charge is 2.34. The SMILES string of the molecule is IC(I)OC[C@H]1CCN(C2CC2)C1. The highest BCUT2D eigenvalue weighted by Crippen LogP contribution is 2.32. The van der Waals surface area contributed by atoms with Crippen LogP contribution in [0.4, 0.5) is 0 Å². The molecule has 0 N–H and O–H groups in total. The van der Waals surface area contributed by atoms with Crippen molar-refractivity contribution >= 4 is 45.2 Å². The lowest BCUT2D eigenvalue weighted by Crippen LogP contribution is -2.24. The molecule has 0 spiro atoms. The summed E-state index contributed by atoms with van der Waals surface area (Å²) in [5, 5.41) is 0. The second kappa shape index (κ2) is 4.94. The van der Waals surface area contributed by atoms with E-state index in [1.165, 1.54) is 32.4 Å². The molecule has 0 aromatic heterocycles. The Bertz CT molecular complexity index is 173. The Morgan fingerprint density at radius 1 is 1.31 bits per heavy atom. The van der Waals surface area contributed by atoms with E-state index in [0.29, 0.717) is 2.12 Å². The molecule has 1 aliphatic carbocycles. The standard InChI is InChI=1S/C9H15I2NO/c10-9(11)13-6-7-3-4-12(5-7)8-1-2-8/h7-9H,1-6H2/t7-/m0/s1. The summed E-state index contributed by atoms with van der Waals surface area (Å²) in [6.45, 7) is 3.55. The van der Waals surface area contributed by atoms with Crippen molar-refractivity contribution in [1.82, 2.24) is 4.90 Å². The molecule has 0 radical (unpaired) electrons. The highest BCUT2D eigenvalue weighted by molar-refractivity contribution is 14.2. The van der Waals surface area contributed by atoms with E-state index in [2.05, 4.69) is 50.1 Å². The van der Waals surface area contributed by atoms with E-state index in [-0.39, 0.29) is 0 Å². The Kier molecular flexibility index (Phi) is 4.13. The lowest BCUT2D eigenvalue weighted by atomic mass is 10.1. The molecule has 0 bridgehead atoms. The molecule has 13 heavy (non-hydrogen) atoms. The average molecular weight is 407 g/mol. The highest BCUT2D eigenvalue weighted by atomic mass is 127. The normalized spacial score (nSPS) is 30.2. The smallest absolute Gasteiger partial charge is 0.159 e. The second-order valence-electron chi connectivity index (χ2n) is 3.97. The largest absolute Gasteiger partial charge is 0.358 e. The van der Waals surface area contributed by atoms with Crippen molar-refractivity contribution in [2.24, 2.45) is 5.92 Å². The lowest BCUT2D eigenvalue weighted by molar-refractivity contribution is 0.138. The van der Waals surface area contributed by atoms with Crippen LogP contribution in [0.2, 0.25) is 0 Å². The fourth-order valence-corrected chi connectivity index (χ4v) is 2.39. The molecule has 2 nitrogen and oxygen atoms in total. The van der Waals surface area contributed by atoms with Crippen molar-refractivity contribution in [3.05, 3.63) is 0 Å². The van der Waals surface area contributed by atoms with Gasteiger partial charge in [0, 0.05) is 12.6 Å². The zero-order valence-corrected chi connectivity index (χ0v) is 11.9. The summed E-state index contributed by atoms with van der Waals surface area (Å²) >= 11 is 4.62. The monoisotopic (exact) mass is 407 g/mol. The Morgan fingerprint density at radius 2 is 2.08 bits per heavy atom. The van der Waals surface area contributed by atoms with Crippen molar-refractivity contribution < 1.29 is 4.74 Å². The average Bonchev–Trinajstić information content (AvgIpc) is 2.83. The van der Waals surface area contributed by atoms with E-state index < -0.39 is 0 Å². The van der Waals surface area contributed by atoms with Gasteiger partial charge in [-0.05, 0) is 76.9 Å². The molecule has 1 heterocycles. The van der Waals surface area contributed by atoms with Crippen molar-refractivity contribution in [3.63, 3.8) is 0 Å². The van der Waals surface area contributed by atoms with Crippen LogP contribution >= 0.6 is 45.2 Å². The summed E-state index contributed by atoms with van der Waals surface area (Å²) in [6, 6.07) is 0.944. The number of alkyl halides is 2. The Morgan fingerprint density at radius 3 is 2.69 bits per heavy atom. The third kappa shape index (κ3) is 3.46. The molecule has 0 aromatic rings. The Balaban J connectivity index is 1.65. The van der Waals surface area contributed by atoms with Gasteiger partial charge in [0.25, 0.3) is 0 Å². The van der Waals surface area contributed by atoms with Crippen molar-refractivity contribution in [1.29, 1.82) is 0 Å². The van der Waals surface area contributed by atoms with E-state index in [1.54, 1.807) is 0 Å². The summed E-state index contributed by atoms with van der Waals surface area (Å²) in [5.41, 5.74) is 0. The summed E-state index contributed by atoms with van der Waals surface area (Å²) in [5.74, 6) is 0.799. The van der Waals surface area contributed by atoms with E-state index in [0.717, 1.165) is 18.6 Å². The molecule has 2 aliphatic rings. The maximum absolute atomic E-state index is 5.62. The van der Waals surface area contributed by atoms with Gasteiger partial charge in [-0.15, -0.1) is 0 Å². The predicted octanol–water partition coefficient (Wildman–Crippen LogP) is 2.64. The number of hydrogen-bond acceptors (Lipinski definition) is 2. The first-order chi connectivity index (χ1) is 6.25. The molecule has 4 heteroatoms. The van der Waals surface area contributed by atoms with Gasteiger partial charge in [0.15, 0.2) is 2.12 Å². The van der Waals surface area contributed by atoms with Crippen LogP contribution in [0.1, 0.15) is 19.3 Å². The minimum atomic E-state index is 0.338. The fraction of sp³-hybridized carbons (Fsp3) is 1.00. The van der Waals surface area contributed by atoms with Crippen molar-refractivity contribution in [2.45, 2.75) is 27.4 Å². The number of hydrogen-bond donors (Lipinski definition) is 0. The first-order valence-corrected chi connectivity index (χ1v) is 7.38. The molecular formula is C9H15I2NO. The van der Waals surface area contributed by atoms with Crippen LogP contribution in [0.5, 0.6) is 0 Å². The summed E-state index contributed by atoms with van der Waals surface area (Å²) < 4.78 is 5.96.